The van der Waals surface area contributed by atoms with Crippen LogP contribution in [0.2, 0.25) is 0 Å². The molecule has 4 rings (SSSR count). The molecule has 2 heterocycles. The van der Waals surface area contributed by atoms with Gasteiger partial charge in [0, 0.05) is 24.6 Å². The average Bonchev–Trinajstić information content (AvgIpc) is 3.22. The van der Waals surface area contributed by atoms with E-state index in [9.17, 15) is 9.59 Å². The Bertz CT molecular complexity index is 1130. The van der Waals surface area contributed by atoms with Gasteiger partial charge in [-0.3, -0.25) is 4.79 Å². The van der Waals surface area contributed by atoms with Gasteiger partial charge in [0.25, 0.3) is 0 Å². The Morgan fingerprint density at radius 3 is 2.53 bits per heavy atom. The first-order valence-corrected chi connectivity index (χ1v) is 10.5. The molecule has 0 bridgehead atoms. The highest BCUT2D eigenvalue weighted by atomic mass is 16.5. The van der Waals surface area contributed by atoms with E-state index in [1.165, 1.54) is 0 Å². The van der Waals surface area contributed by atoms with Gasteiger partial charge in [0.05, 0.1) is 31.6 Å². The maximum atomic E-state index is 12.8. The van der Waals surface area contributed by atoms with Crippen LogP contribution in [0.3, 0.4) is 0 Å². The van der Waals surface area contributed by atoms with Crippen molar-refractivity contribution in [3.05, 3.63) is 83.2 Å². The fourth-order valence-electron chi connectivity index (χ4n) is 3.74. The van der Waals surface area contributed by atoms with Gasteiger partial charge in [0.2, 0.25) is 5.91 Å². The van der Waals surface area contributed by atoms with Crippen LogP contribution in [-0.4, -0.2) is 46.8 Å². The highest BCUT2D eigenvalue weighted by Crippen LogP contribution is 2.27. The van der Waals surface area contributed by atoms with Gasteiger partial charge in [-0.25, -0.2) is 9.48 Å². The van der Waals surface area contributed by atoms with Crippen molar-refractivity contribution >= 4 is 18.0 Å². The van der Waals surface area contributed by atoms with Crippen molar-refractivity contribution in [2.45, 2.75) is 19.9 Å². The SMILES string of the molecule is CCOC(=O)c1nn(-c2ccc(OC)cc2)c2c1CN(C(=O)/C=C/c1ccccc1)CC2. The van der Waals surface area contributed by atoms with Crippen molar-refractivity contribution < 1.29 is 19.1 Å². The van der Waals surface area contributed by atoms with E-state index in [0.29, 0.717) is 19.5 Å². The molecule has 0 N–H and O–H groups in total. The molecule has 0 unspecified atom stereocenters. The molecule has 7 nitrogen and oxygen atoms in total. The molecule has 0 atom stereocenters. The van der Waals surface area contributed by atoms with Gasteiger partial charge in [-0.05, 0) is 42.8 Å². The molecular formula is C25H25N3O4. The van der Waals surface area contributed by atoms with E-state index in [-0.39, 0.29) is 18.2 Å². The zero-order valence-corrected chi connectivity index (χ0v) is 18.2. The predicted molar refractivity (Wildman–Crippen MR) is 121 cm³/mol. The molecule has 1 amide bonds. The number of hydrogen-bond donors (Lipinski definition) is 0. The summed E-state index contributed by atoms with van der Waals surface area (Å²) in [7, 11) is 1.61. The fourth-order valence-corrected chi connectivity index (χ4v) is 3.74. The number of methoxy groups -OCH3 is 1. The topological polar surface area (TPSA) is 73.7 Å². The van der Waals surface area contributed by atoms with Crippen LogP contribution in [0.4, 0.5) is 0 Å². The van der Waals surface area contributed by atoms with Crippen molar-refractivity contribution in [3.8, 4) is 11.4 Å². The minimum atomic E-state index is -0.481. The van der Waals surface area contributed by atoms with Crippen LogP contribution in [-0.2, 0) is 22.5 Å². The van der Waals surface area contributed by atoms with Gasteiger partial charge in [-0.1, -0.05) is 30.3 Å². The van der Waals surface area contributed by atoms with Crippen LogP contribution in [0.5, 0.6) is 5.75 Å². The van der Waals surface area contributed by atoms with Crippen LogP contribution in [0.1, 0.15) is 34.2 Å². The molecule has 0 fully saturated rings. The Morgan fingerprint density at radius 2 is 1.84 bits per heavy atom. The molecule has 164 valence electrons. The molecule has 3 aromatic rings. The highest BCUT2D eigenvalue weighted by Gasteiger charge is 2.30. The highest BCUT2D eigenvalue weighted by molar-refractivity contribution is 5.93. The van der Waals surface area contributed by atoms with E-state index in [0.717, 1.165) is 28.3 Å². The number of carbonyl (C=O) groups excluding carboxylic acids is 2. The Labute approximate surface area is 186 Å². The van der Waals surface area contributed by atoms with Crippen LogP contribution >= 0.6 is 0 Å². The summed E-state index contributed by atoms with van der Waals surface area (Å²) in [6, 6.07) is 17.1. The molecule has 1 aliphatic rings. The monoisotopic (exact) mass is 431 g/mol. The molecule has 1 aromatic heterocycles. The lowest BCUT2D eigenvalue weighted by Gasteiger charge is -2.27. The zero-order valence-electron chi connectivity index (χ0n) is 18.2. The van der Waals surface area contributed by atoms with Crippen molar-refractivity contribution in [2.24, 2.45) is 0 Å². The molecule has 0 radical (unpaired) electrons. The number of benzene rings is 2. The van der Waals surface area contributed by atoms with Crippen molar-refractivity contribution in [1.29, 1.82) is 0 Å². The molecule has 0 saturated heterocycles. The van der Waals surface area contributed by atoms with Crippen LogP contribution < -0.4 is 4.74 Å². The molecule has 2 aromatic carbocycles. The molecular weight excluding hydrogens is 406 g/mol. The summed E-state index contributed by atoms with van der Waals surface area (Å²) in [5, 5.41) is 4.57. The smallest absolute Gasteiger partial charge is 0.359 e. The van der Waals surface area contributed by atoms with Gasteiger partial charge in [0.15, 0.2) is 5.69 Å². The van der Waals surface area contributed by atoms with Crippen LogP contribution in [0.25, 0.3) is 11.8 Å². The van der Waals surface area contributed by atoms with E-state index < -0.39 is 5.97 Å². The minimum absolute atomic E-state index is 0.105. The lowest BCUT2D eigenvalue weighted by Crippen LogP contribution is -2.35. The summed E-state index contributed by atoms with van der Waals surface area (Å²) in [4.78, 5) is 27.2. The fraction of sp³-hybridized carbons (Fsp3) is 0.240. The standard InChI is InChI=1S/C25H25N3O4/c1-3-32-25(30)24-21-17-27(23(29)14-9-18-7-5-4-6-8-18)16-15-22(21)28(26-24)19-10-12-20(31-2)13-11-19/h4-14H,3,15-17H2,1-2H3/b14-9+. The number of ether oxygens (including phenoxy) is 2. The van der Waals surface area contributed by atoms with E-state index in [1.807, 2.05) is 54.6 Å². The Morgan fingerprint density at radius 1 is 1.09 bits per heavy atom. The van der Waals surface area contributed by atoms with Crippen molar-refractivity contribution in [2.75, 3.05) is 20.3 Å². The molecule has 0 aliphatic carbocycles. The number of hydrogen-bond acceptors (Lipinski definition) is 5. The summed E-state index contributed by atoms with van der Waals surface area (Å²) in [6.07, 6.45) is 3.95. The Hall–Kier alpha value is -3.87. The Balaban J connectivity index is 1.63. The van der Waals surface area contributed by atoms with Gasteiger partial charge in [-0.2, -0.15) is 5.10 Å². The van der Waals surface area contributed by atoms with Gasteiger partial charge in [-0.15, -0.1) is 0 Å². The number of fused-ring (bicyclic) bond motifs is 1. The summed E-state index contributed by atoms with van der Waals surface area (Å²) >= 11 is 0. The molecule has 0 spiro atoms. The lowest BCUT2D eigenvalue weighted by atomic mass is 10.0. The largest absolute Gasteiger partial charge is 0.497 e. The molecule has 0 saturated carbocycles. The summed E-state index contributed by atoms with van der Waals surface area (Å²) in [5.41, 5.74) is 3.67. The number of amides is 1. The second-order valence-electron chi connectivity index (χ2n) is 7.36. The predicted octanol–water partition coefficient (Wildman–Crippen LogP) is 3.66. The first-order valence-electron chi connectivity index (χ1n) is 10.5. The molecule has 32 heavy (non-hydrogen) atoms. The number of carbonyl (C=O) groups is 2. The first-order chi connectivity index (χ1) is 15.6. The summed E-state index contributed by atoms with van der Waals surface area (Å²) < 4.78 is 12.2. The number of nitrogens with zero attached hydrogens (tertiary/aromatic N) is 3. The van der Waals surface area contributed by atoms with E-state index in [2.05, 4.69) is 5.10 Å². The average molecular weight is 431 g/mol. The van der Waals surface area contributed by atoms with Gasteiger partial charge in [0.1, 0.15) is 5.75 Å². The maximum absolute atomic E-state index is 12.8. The third-order valence-electron chi connectivity index (χ3n) is 5.37. The zero-order chi connectivity index (χ0) is 22.5. The van der Waals surface area contributed by atoms with Crippen molar-refractivity contribution in [3.63, 3.8) is 0 Å². The third kappa shape index (κ3) is 4.42. The van der Waals surface area contributed by atoms with Crippen LogP contribution in [0, 0.1) is 0 Å². The second kappa shape index (κ2) is 9.51. The first kappa shape index (κ1) is 21.4. The number of aromatic nitrogens is 2. The van der Waals surface area contributed by atoms with Gasteiger partial charge < -0.3 is 14.4 Å². The third-order valence-corrected chi connectivity index (χ3v) is 5.37. The van der Waals surface area contributed by atoms with Gasteiger partial charge >= 0.3 is 5.97 Å². The second-order valence-corrected chi connectivity index (χ2v) is 7.36. The van der Waals surface area contributed by atoms with E-state index in [4.69, 9.17) is 9.47 Å². The number of esters is 1. The molecule has 1 aliphatic heterocycles. The lowest BCUT2D eigenvalue weighted by molar-refractivity contribution is -0.126. The number of rotatable bonds is 6. The summed E-state index contributed by atoms with van der Waals surface area (Å²) in [6.45, 7) is 2.85. The van der Waals surface area contributed by atoms with E-state index >= 15 is 0 Å². The summed E-state index contributed by atoms with van der Waals surface area (Å²) in [5.74, 6) is 0.152. The van der Waals surface area contributed by atoms with Crippen molar-refractivity contribution in [1.82, 2.24) is 14.7 Å². The van der Waals surface area contributed by atoms with Crippen LogP contribution in [0.15, 0.2) is 60.7 Å². The molecule has 7 heteroatoms. The normalized spacial score (nSPS) is 13.1. The quantitative estimate of drug-likeness (QED) is 0.440. The van der Waals surface area contributed by atoms with E-state index in [1.54, 1.807) is 35.8 Å². The maximum Gasteiger partial charge on any atom is 0.359 e. The Kier molecular flexibility index (Phi) is 6.35. The minimum Gasteiger partial charge on any atom is -0.497 e.